The molecule has 0 saturated carbocycles. The quantitative estimate of drug-likeness (QED) is 0.232. The van der Waals surface area contributed by atoms with Gasteiger partial charge >= 0.3 is 0 Å². The molecule has 2 aromatic carbocycles. The van der Waals surface area contributed by atoms with Crippen LogP contribution < -0.4 is 5.32 Å². The van der Waals surface area contributed by atoms with Gasteiger partial charge in [-0.3, -0.25) is 14.9 Å². The number of hydrogen-bond acceptors (Lipinski definition) is 7. The van der Waals surface area contributed by atoms with Gasteiger partial charge in [0.1, 0.15) is 5.82 Å². The van der Waals surface area contributed by atoms with Crippen LogP contribution in [0.4, 0.5) is 11.4 Å². The average Bonchev–Trinajstić information content (AvgIpc) is 3.10. The SMILES string of the molecule is Cc1nc2c3ccccc3nc(SC(C)C(=O)Nc3ccc([N+](=O)[O-])cc3)n2n1. The summed E-state index contributed by atoms with van der Waals surface area (Å²) in [5.41, 5.74) is 1.92. The van der Waals surface area contributed by atoms with Crippen molar-refractivity contribution in [2.24, 2.45) is 0 Å². The van der Waals surface area contributed by atoms with Crippen LogP contribution in [0.15, 0.2) is 53.7 Å². The van der Waals surface area contributed by atoms with E-state index in [2.05, 4.69) is 20.4 Å². The lowest BCUT2D eigenvalue weighted by molar-refractivity contribution is -0.384. The van der Waals surface area contributed by atoms with E-state index in [1.807, 2.05) is 24.3 Å². The van der Waals surface area contributed by atoms with Gasteiger partial charge in [0.15, 0.2) is 10.8 Å². The van der Waals surface area contributed by atoms with Crippen molar-refractivity contribution in [1.82, 2.24) is 19.6 Å². The fourth-order valence-corrected chi connectivity index (χ4v) is 3.69. The van der Waals surface area contributed by atoms with Crippen LogP contribution in [0.2, 0.25) is 0 Å². The molecule has 0 radical (unpaired) electrons. The van der Waals surface area contributed by atoms with E-state index in [9.17, 15) is 14.9 Å². The smallest absolute Gasteiger partial charge is 0.269 e. The summed E-state index contributed by atoms with van der Waals surface area (Å²) >= 11 is 1.27. The molecule has 0 fully saturated rings. The molecule has 2 aromatic heterocycles. The number of thioether (sulfide) groups is 1. The van der Waals surface area contributed by atoms with E-state index in [0.29, 0.717) is 22.3 Å². The molecule has 0 aliphatic rings. The van der Waals surface area contributed by atoms with Gasteiger partial charge in [0.05, 0.1) is 15.7 Å². The topological polar surface area (TPSA) is 115 Å². The minimum atomic E-state index is -0.485. The molecule has 0 saturated heterocycles. The highest BCUT2D eigenvalue weighted by atomic mass is 32.2. The molecule has 1 N–H and O–H groups in total. The third-order valence-corrected chi connectivity index (χ3v) is 5.30. The molecule has 0 aliphatic carbocycles. The summed E-state index contributed by atoms with van der Waals surface area (Å²) in [6.07, 6.45) is 0. The minimum absolute atomic E-state index is 0.0327. The Bertz CT molecular complexity index is 1240. The van der Waals surface area contributed by atoms with Crippen molar-refractivity contribution in [2.45, 2.75) is 24.3 Å². The van der Waals surface area contributed by atoms with Crippen LogP contribution in [0.1, 0.15) is 12.7 Å². The van der Waals surface area contributed by atoms with E-state index >= 15 is 0 Å². The average molecular weight is 408 g/mol. The molecule has 4 rings (SSSR count). The predicted octanol–water partition coefficient (Wildman–Crippen LogP) is 3.61. The van der Waals surface area contributed by atoms with E-state index in [1.165, 1.54) is 36.0 Å². The number of nitrogens with zero attached hydrogens (tertiary/aromatic N) is 5. The Balaban J connectivity index is 1.58. The van der Waals surface area contributed by atoms with Gasteiger partial charge in [0.2, 0.25) is 5.91 Å². The summed E-state index contributed by atoms with van der Waals surface area (Å²) in [4.78, 5) is 32.0. The van der Waals surface area contributed by atoms with Crippen molar-refractivity contribution in [3.05, 3.63) is 64.5 Å². The third-order valence-electron chi connectivity index (χ3n) is 4.25. The molecule has 29 heavy (non-hydrogen) atoms. The normalized spacial score (nSPS) is 12.2. The van der Waals surface area contributed by atoms with E-state index in [1.54, 1.807) is 18.4 Å². The minimum Gasteiger partial charge on any atom is -0.325 e. The molecular formula is C19H16N6O3S. The number of carbonyl (C=O) groups is 1. The van der Waals surface area contributed by atoms with Crippen LogP contribution >= 0.6 is 11.8 Å². The zero-order valence-electron chi connectivity index (χ0n) is 15.6. The number of benzene rings is 2. The molecule has 4 aromatic rings. The van der Waals surface area contributed by atoms with Crippen molar-refractivity contribution >= 4 is 45.6 Å². The zero-order chi connectivity index (χ0) is 20.5. The van der Waals surface area contributed by atoms with Gasteiger partial charge in [-0.1, -0.05) is 23.9 Å². The lowest BCUT2D eigenvalue weighted by Gasteiger charge is -2.12. The number of para-hydroxylation sites is 1. The van der Waals surface area contributed by atoms with Gasteiger partial charge in [-0.05, 0) is 38.1 Å². The molecule has 0 bridgehead atoms. The van der Waals surface area contributed by atoms with Crippen LogP contribution in [-0.4, -0.2) is 35.7 Å². The second-order valence-electron chi connectivity index (χ2n) is 6.36. The summed E-state index contributed by atoms with van der Waals surface area (Å²) < 4.78 is 1.65. The van der Waals surface area contributed by atoms with E-state index in [4.69, 9.17) is 0 Å². The summed E-state index contributed by atoms with van der Waals surface area (Å²) in [6, 6.07) is 13.3. The lowest BCUT2D eigenvalue weighted by atomic mass is 10.2. The van der Waals surface area contributed by atoms with Crippen molar-refractivity contribution < 1.29 is 9.72 Å². The number of nitro groups is 1. The molecule has 9 nitrogen and oxygen atoms in total. The van der Waals surface area contributed by atoms with E-state index in [0.717, 1.165) is 10.9 Å². The first-order valence-corrected chi connectivity index (χ1v) is 9.64. The second-order valence-corrected chi connectivity index (χ2v) is 7.67. The fourth-order valence-electron chi connectivity index (χ4n) is 2.83. The summed E-state index contributed by atoms with van der Waals surface area (Å²) in [5.74, 6) is 0.372. The standard InChI is InChI=1S/C19H16N6O3S/c1-11(18(26)21-13-7-9-14(10-8-13)25(27)28)29-19-22-16-6-4-3-5-15(16)17-20-12(2)23-24(17)19/h3-11H,1-2H3,(H,21,26). The van der Waals surface area contributed by atoms with E-state index < -0.39 is 10.2 Å². The molecule has 0 aliphatic heterocycles. The van der Waals surface area contributed by atoms with E-state index in [-0.39, 0.29) is 11.6 Å². The van der Waals surface area contributed by atoms with Gasteiger partial charge < -0.3 is 5.32 Å². The van der Waals surface area contributed by atoms with Crippen molar-refractivity contribution in [1.29, 1.82) is 0 Å². The fraction of sp³-hybridized carbons (Fsp3) is 0.158. The van der Waals surface area contributed by atoms with Crippen LogP contribution in [0.5, 0.6) is 0 Å². The maximum atomic E-state index is 12.6. The highest BCUT2D eigenvalue weighted by Gasteiger charge is 2.20. The Kier molecular flexibility index (Phi) is 4.85. The van der Waals surface area contributed by atoms with Gasteiger partial charge in [0, 0.05) is 23.2 Å². The summed E-state index contributed by atoms with van der Waals surface area (Å²) in [6.45, 7) is 3.57. The van der Waals surface area contributed by atoms with Crippen molar-refractivity contribution in [3.8, 4) is 0 Å². The second kappa shape index (κ2) is 7.47. The van der Waals surface area contributed by atoms with Gasteiger partial charge in [0.25, 0.3) is 5.69 Å². The summed E-state index contributed by atoms with van der Waals surface area (Å²) in [7, 11) is 0. The molecule has 146 valence electrons. The third kappa shape index (κ3) is 3.74. The van der Waals surface area contributed by atoms with Gasteiger partial charge in [-0.2, -0.15) is 4.52 Å². The first-order chi connectivity index (χ1) is 13.9. The number of nitro benzene ring substituents is 1. The van der Waals surface area contributed by atoms with Crippen LogP contribution in [0.25, 0.3) is 16.6 Å². The molecular weight excluding hydrogens is 392 g/mol. The molecule has 1 unspecified atom stereocenters. The number of aromatic nitrogens is 4. The van der Waals surface area contributed by atoms with Crippen LogP contribution in [0.3, 0.4) is 0 Å². The first kappa shape index (κ1) is 18.8. The van der Waals surface area contributed by atoms with Gasteiger partial charge in [-0.25, -0.2) is 9.97 Å². The molecule has 1 atom stereocenters. The van der Waals surface area contributed by atoms with Crippen LogP contribution in [-0.2, 0) is 4.79 Å². The largest absolute Gasteiger partial charge is 0.325 e. The van der Waals surface area contributed by atoms with Gasteiger partial charge in [-0.15, -0.1) is 5.10 Å². The number of fused-ring (bicyclic) bond motifs is 3. The highest BCUT2D eigenvalue weighted by Crippen LogP contribution is 2.27. The number of non-ortho nitro benzene ring substituents is 1. The monoisotopic (exact) mass is 408 g/mol. The molecule has 10 heteroatoms. The number of anilines is 1. The Morgan fingerprint density at radius 3 is 2.62 bits per heavy atom. The molecule has 0 spiro atoms. The zero-order valence-corrected chi connectivity index (χ0v) is 16.4. The van der Waals surface area contributed by atoms with Crippen molar-refractivity contribution in [3.63, 3.8) is 0 Å². The molecule has 2 heterocycles. The predicted molar refractivity (Wildman–Crippen MR) is 110 cm³/mol. The maximum absolute atomic E-state index is 12.6. The molecule has 1 amide bonds. The lowest BCUT2D eigenvalue weighted by Crippen LogP contribution is -2.23. The Morgan fingerprint density at radius 2 is 1.90 bits per heavy atom. The maximum Gasteiger partial charge on any atom is 0.269 e. The number of hydrogen-bond donors (Lipinski definition) is 1. The first-order valence-electron chi connectivity index (χ1n) is 8.76. The Labute approximate surface area is 169 Å². The number of aryl methyl sites for hydroxylation is 1. The summed E-state index contributed by atoms with van der Waals surface area (Å²) in [5, 5.41) is 18.9. The Morgan fingerprint density at radius 1 is 1.17 bits per heavy atom. The number of amides is 1. The number of rotatable bonds is 5. The number of nitrogens with one attached hydrogen (secondary N) is 1. The van der Waals surface area contributed by atoms with Crippen LogP contribution in [0, 0.1) is 17.0 Å². The number of carbonyl (C=O) groups excluding carboxylic acids is 1. The Hall–Kier alpha value is -3.53. The van der Waals surface area contributed by atoms with Crippen molar-refractivity contribution in [2.75, 3.05) is 5.32 Å². The highest BCUT2D eigenvalue weighted by molar-refractivity contribution is 8.00.